The second kappa shape index (κ2) is 5.88. The average Bonchev–Trinajstić information content (AvgIpc) is 2.61. The Kier molecular flexibility index (Phi) is 3.89. The minimum Gasteiger partial charge on any atom is -0.465 e. The summed E-state index contributed by atoms with van der Waals surface area (Å²) in [5.41, 5.74) is 1.14. The van der Waals surface area contributed by atoms with E-state index in [9.17, 15) is 9.59 Å². The highest BCUT2D eigenvalue weighted by atomic mass is 16.6. The molecule has 0 fully saturated rings. The first kappa shape index (κ1) is 15.9. The van der Waals surface area contributed by atoms with Crippen molar-refractivity contribution in [2.24, 2.45) is 0 Å². The Morgan fingerprint density at radius 3 is 1.50 bits per heavy atom. The molecule has 0 N–H and O–H groups in total. The van der Waals surface area contributed by atoms with Crippen molar-refractivity contribution < 1.29 is 28.5 Å². The van der Waals surface area contributed by atoms with Crippen molar-refractivity contribution in [3.8, 4) is 23.0 Å². The van der Waals surface area contributed by atoms with Crippen LogP contribution in [0, 0.1) is 13.8 Å². The van der Waals surface area contributed by atoms with Crippen molar-refractivity contribution in [2.45, 2.75) is 13.8 Å². The van der Waals surface area contributed by atoms with E-state index in [4.69, 9.17) is 18.9 Å². The Morgan fingerprint density at radius 1 is 0.792 bits per heavy atom. The minimum atomic E-state index is -0.638. The Labute approximate surface area is 138 Å². The fourth-order valence-corrected chi connectivity index (χ4v) is 2.74. The summed E-state index contributed by atoms with van der Waals surface area (Å²) in [4.78, 5) is 24.5. The van der Waals surface area contributed by atoms with Crippen molar-refractivity contribution in [3.63, 3.8) is 0 Å². The lowest BCUT2D eigenvalue weighted by Crippen LogP contribution is -2.18. The van der Waals surface area contributed by atoms with Gasteiger partial charge in [-0.3, -0.25) is 0 Å². The van der Waals surface area contributed by atoms with Crippen LogP contribution >= 0.6 is 0 Å². The fourth-order valence-electron chi connectivity index (χ4n) is 2.74. The van der Waals surface area contributed by atoms with Gasteiger partial charge in [0.05, 0.1) is 25.3 Å². The molecule has 0 saturated carbocycles. The van der Waals surface area contributed by atoms with Crippen molar-refractivity contribution in [2.75, 3.05) is 14.2 Å². The van der Waals surface area contributed by atoms with E-state index in [-0.39, 0.29) is 11.1 Å². The first-order chi connectivity index (χ1) is 11.5. The van der Waals surface area contributed by atoms with E-state index in [0.717, 1.165) is 0 Å². The third kappa shape index (κ3) is 2.27. The molecule has 0 spiro atoms. The monoisotopic (exact) mass is 328 g/mol. The van der Waals surface area contributed by atoms with Gasteiger partial charge in [0.2, 0.25) is 0 Å². The zero-order valence-corrected chi connectivity index (χ0v) is 13.8. The smallest absolute Gasteiger partial charge is 0.339 e. The molecule has 24 heavy (non-hydrogen) atoms. The maximum Gasteiger partial charge on any atom is 0.339 e. The summed E-state index contributed by atoms with van der Waals surface area (Å²) in [7, 11) is 2.51. The van der Waals surface area contributed by atoms with E-state index in [0.29, 0.717) is 34.1 Å². The number of hydrogen-bond acceptors (Lipinski definition) is 6. The first-order valence-corrected chi connectivity index (χ1v) is 7.28. The summed E-state index contributed by atoms with van der Waals surface area (Å²) in [6.45, 7) is 3.35. The minimum absolute atomic E-state index is 0.114. The van der Waals surface area contributed by atoms with Gasteiger partial charge in [-0.25, -0.2) is 9.59 Å². The van der Waals surface area contributed by atoms with Crippen LogP contribution in [0.25, 0.3) is 0 Å². The van der Waals surface area contributed by atoms with Gasteiger partial charge in [0, 0.05) is 11.1 Å². The number of carbonyl (C=O) groups excluding carboxylic acids is 2. The van der Waals surface area contributed by atoms with Crippen LogP contribution in [0.1, 0.15) is 31.8 Å². The van der Waals surface area contributed by atoms with Crippen LogP contribution in [0.2, 0.25) is 0 Å². The van der Waals surface area contributed by atoms with E-state index < -0.39 is 11.9 Å². The first-order valence-electron chi connectivity index (χ1n) is 7.28. The number of esters is 2. The molecule has 3 rings (SSSR count). The highest BCUT2D eigenvalue weighted by Gasteiger charge is 2.33. The van der Waals surface area contributed by atoms with Crippen molar-refractivity contribution in [3.05, 3.63) is 46.5 Å². The highest BCUT2D eigenvalue weighted by Crippen LogP contribution is 2.50. The number of carbonyl (C=O) groups is 2. The van der Waals surface area contributed by atoms with Crippen LogP contribution in [-0.4, -0.2) is 26.2 Å². The molecule has 1 aliphatic heterocycles. The van der Waals surface area contributed by atoms with Gasteiger partial charge in [-0.2, -0.15) is 0 Å². The lowest BCUT2D eigenvalue weighted by atomic mass is 9.94. The van der Waals surface area contributed by atoms with Gasteiger partial charge < -0.3 is 18.9 Å². The summed E-state index contributed by atoms with van der Waals surface area (Å²) in [5, 5.41) is 0. The molecular formula is C18H16O6. The van der Waals surface area contributed by atoms with Crippen LogP contribution < -0.4 is 9.47 Å². The van der Waals surface area contributed by atoms with Gasteiger partial charge in [-0.15, -0.1) is 0 Å². The predicted octanol–water partition coefficient (Wildman–Crippen LogP) is 3.77. The molecule has 1 aliphatic rings. The maximum absolute atomic E-state index is 12.2. The van der Waals surface area contributed by atoms with Crippen LogP contribution in [-0.2, 0) is 9.47 Å². The summed E-state index contributed by atoms with van der Waals surface area (Å²) >= 11 is 0. The number of para-hydroxylation sites is 2. The molecule has 0 amide bonds. The largest absolute Gasteiger partial charge is 0.465 e. The van der Waals surface area contributed by atoms with Gasteiger partial charge in [-0.1, -0.05) is 12.1 Å². The molecule has 0 radical (unpaired) electrons. The molecule has 6 heteroatoms. The maximum atomic E-state index is 12.2. The van der Waals surface area contributed by atoms with E-state index >= 15 is 0 Å². The number of benzene rings is 2. The molecule has 1 heterocycles. The molecule has 2 aromatic carbocycles. The van der Waals surface area contributed by atoms with Crippen LogP contribution in [0.15, 0.2) is 24.3 Å². The summed E-state index contributed by atoms with van der Waals surface area (Å²) in [6.07, 6.45) is 0. The number of rotatable bonds is 2. The Morgan fingerprint density at radius 2 is 1.17 bits per heavy atom. The molecule has 124 valence electrons. The lowest BCUT2D eigenvalue weighted by Gasteiger charge is -2.26. The summed E-state index contributed by atoms with van der Waals surface area (Å²) in [5.74, 6) is 0.573. The molecular weight excluding hydrogens is 312 g/mol. The zero-order chi connectivity index (χ0) is 17.4. The fraction of sp³-hybridized carbons (Fsp3) is 0.222. The summed E-state index contributed by atoms with van der Waals surface area (Å²) < 4.78 is 21.5. The molecule has 0 bridgehead atoms. The van der Waals surface area contributed by atoms with E-state index in [1.165, 1.54) is 14.2 Å². The second-order valence-corrected chi connectivity index (χ2v) is 5.29. The van der Waals surface area contributed by atoms with Crippen molar-refractivity contribution in [1.82, 2.24) is 0 Å². The van der Waals surface area contributed by atoms with E-state index in [1.54, 1.807) is 26.0 Å². The third-order valence-corrected chi connectivity index (χ3v) is 3.94. The molecule has 0 aliphatic carbocycles. The van der Waals surface area contributed by atoms with Crippen molar-refractivity contribution in [1.29, 1.82) is 0 Å². The van der Waals surface area contributed by atoms with Gasteiger partial charge >= 0.3 is 11.9 Å². The van der Waals surface area contributed by atoms with E-state index in [2.05, 4.69) is 0 Å². The van der Waals surface area contributed by atoms with Gasteiger partial charge in [0.1, 0.15) is 0 Å². The zero-order valence-electron chi connectivity index (χ0n) is 13.8. The predicted molar refractivity (Wildman–Crippen MR) is 85.2 cm³/mol. The molecule has 0 atom stereocenters. The Bertz CT molecular complexity index is 783. The van der Waals surface area contributed by atoms with Crippen LogP contribution in [0.5, 0.6) is 23.0 Å². The van der Waals surface area contributed by atoms with Gasteiger partial charge in [-0.05, 0) is 26.0 Å². The highest BCUT2D eigenvalue weighted by molar-refractivity contribution is 6.06. The van der Waals surface area contributed by atoms with Crippen LogP contribution in [0.4, 0.5) is 0 Å². The quantitative estimate of drug-likeness (QED) is 0.667. The molecule has 0 saturated heterocycles. The van der Waals surface area contributed by atoms with Crippen molar-refractivity contribution >= 4 is 11.9 Å². The standard InChI is InChI=1S/C18H16O6/c1-9-13(17(19)21-3)14(18(20)22-4)10(2)16-15(9)23-11-7-5-6-8-12(11)24-16/h5-8H,1-4H3. The number of fused-ring (bicyclic) bond motifs is 2. The number of hydrogen-bond donors (Lipinski definition) is 0. The summed E-state index contributed by atoms with van der Waals surface area (Å²) in [6, 6.07) is 7.16. The van der Waals surface area contributed by atoms with Gasteiger partial charge in [0.15, 0.2) is 23.0 Å². The topological polar surface area (TPSA) is 71.1 Å². The van der Waals surface area contributed by atoms with Crippen LogP contribution in [0.3, 0.4) is 0 Å². The average molecular weight is 328 g/mol. The second-order valence-electron chi connectivity index (χ2n) is 5.29. The number of ether oxygens (including phenoxy) is 4. The molecule has 0 aromatic heterocycles. The number of methoxy groups -OCH3 is 2. The molecule has 2 aromatic rings. The lowest BCUT2D eigenvalue weighted by molar-refractivity contribution is 0.0553. The third-order valence-electron chi connectivity index (χ3n) is 3.94. The normalized spacial score (nSPS) is 11.5. The SMILES string of the molecule is COC(=O)c1c(C)c2c(c(C)c1C(=O)OC)Oc1ccccc1O2. The Hall–Kier alpha value is -3.02. The van der Waals surface area contributed by atoms with Gasteiger partial charge in [0.25, 0.3) is 0 Å². The molecule has 0 unspecified atom stereocenters. The van der Waals surface area contributed by atoms with E-state index in [1.807, 2.05) is 12.1 Å². The Balaban J connectivity index is 2.30. The molecule has 6 nitrogen and oxygen atoms in total.